The van der Waals surface area contributed by atoms with E-state index in [1.807, 2.05) is 18.8 Å². The molecule has 18 heteroatoms. The van der Waals surface area contributed by atoms with Crippen molar-refractivity contribution in [2.45, 2.75) is 30.0 Å². The van der Waals surface area contributed by atoms with E-state index in [4.69, 9.17) is 9.90 Å². The van der Waals surface area contributed by atoms with Crippen LogP contribution in [0.4, 0.5) is 41.6 Å². The van der Waals surface area contributed by atoms with Gasteiger partial charge in [0.05, 0.1) is 21.8 Å². The summed E-state index contributed by atoms with van der Waals surface area (Å²) in [6.07, 6.45) is -0.204. The smallest absolute Gasteiger partial charge is 0.475 e. The summed E-state index contributed by atoms with van der Waals surface area (Å²) in [6.45, 7) is 1.41. The number of anilines is 2. The number of thiazole rings is 1. The zero-order valence-electron chi connectivity index (χ0n) is 24.5. The number of benzene rings is 2. The molecule has 3 heterocycles. The third-order valence-electron chi connectivity index (χ3n) is 7.02. The number of carboxylic acid groups (broad SMARTS) is 1. The Morgan fingerprint density at radius 1 is 1.00 bits per heavy atom. The number of nitrogens with zero attached hydrogens (tertiary/aromatic N) is 4. The number of pyridine rings is 1. The van der Waals surface area contributed by atoms with Crippen LogP contribution in [0.1, 0.15) is 12.8 Å². The molecule has 0 atom stereocenters. The molecule has 1 fully saturated rings. The van der Waals surface area contributed by atoms with E-state index in [1.54, 1.807) is 24.5 Å². The van der Waals surface area contributed by atoms with E-state index in [0.29, 0.717) is 46.8 Å². The Labute approximate surface area is 268 Å². The molecule has 2 aromatic heterocycles. The van der Waals surface area contributed by atoms with Crippen molar-refractivity contribution in [3.05, 3.63) is 78.1 Å². The van der Waals surface area contributed by atoms with Crippen LogP contribution in [0.3, 0.4) is 0 Å². The lowest BCUT2D eigenvalue weighted by atomic mass is 10.0. The molecule has 0 unspecified atom stereocenters. The minimum Gasteiger partial charge on any atom is -0.475 e. The molecule has 0 spiro atoms. The highest BCUT2D eigenvalue weighted by Crippen LogP contribution is 2.43. The molecule has 0 saturated carbocycles. The molecule has 2 aromatic carbocycles. The van der Waals surface area contributed by atoms with E-state index in [1.165, 1.54) is 11.3 Å². The van der Waals surface area contributed by atoms with E-state index in [-0.39, 0.29) is 5.69 Å². The summed E-state index contributed by atoms with van der Waals surface area (Å²) in [5, 5.41) is 7.70. The maximum Gasteiger partial charge on any atom is 0.490 e. The van der Waals surface area contributed by atoms with Crippen LogP contribution in [0.2, 0.25) is 0 Å². The van der Waals surface area contributed by atoms with Crippen LogP contribution in [-0.2, 0) is 14.8 Å². The number of hydrogen-bond acceptors (Lipinski definition) is 8. The quantitative estimate of drug-likeness (QED) is 0.213. The second-order valence-corrected chi connectivity index (χ2v) is 13.0. The number of aromatic nitrogens is 2. The van der Waals surface area contributed by atoms with Gasteiger partial charge >= 0.3 is 12.1 Å². The zero-order chi connectivity index (χ0) is 34.7. The third kappa shape index (κ3) is 8.36. The normalized spacial score (nSPS) is 14.1. The number of rotatable bonds is 7. The van der Waals surface area contributed by atoms with Crippen LogP contribution in [0.25, 0.3) is 21.7 Å². The molecule has 47 heavy (non-hydrogen) atoms. The van der Waals surface area contributed by atoms with Crippen LogP contribution in [0.15, 0.2) is 59.8 Å². The van der Waals surface area contributed by atoms with Gasteiger partial charge in [-0.05, 0) is 75.0 Å². The minimum absolute atomic E-state index is 0.00563. The van der Waals surface area contributed by atoms with Crippen LogP contribution in [-0.4, -0.2) is 73.8 Å². The largest absolute Gasteiger partial charge is 0.490 e. The topological polar surface area (TPSA) is 116 Å². The van der Waals surface area contributed by atoms with Crippen molar-refractivity contribution < 1.29 is 49.1 Å². The predicted octanol–water partition coefficient (Wildman–Crippen LogP) is 6.39. The van der Waals surface area contributed by atoms with Crippen molar-refractivity contribution in [3.63, 3.8) is 0 Å². The van der Waals surface area contributed by atoms with Gasteiger partial charge in [-0.15, -0.1) is 0 Å². The fourth-order valence-corrected chi connectivity index (χ4v) is 6.90. The number of carbonyl (C=O) groups is 1. The molecule has 0 radical (unpaired) electrons. The van der Waals surface area contributed by atoms with Gasteiger partial charge in [0.15, 0.2) is 10.9 Å². The molecular formula is C29H26F7N5O4S2. The molecule has 1 aliphatic rings. The van der Waals surface area contributed by atoms with Gasteiger partial charge < -0.3 is 14.9 Å². The SMILES string of the molecule is CN(C)C1CCN(c2nc(-c3c(F)ccc(NS(=O)(=O)c4cc(F)ccc4F)c3F)c(-c3ccncc3)s2)CC1.O=C(O)C(F)(F)F. The van der Waals surface area contributed by atoms with Crippen LogP contribution < -0.4 is 9.62 Å². The second-order valence-electron chi connectivity index (χ2n) is 10.4. The molecule has 252 valence electrons. The monoisotopic (exact) mass is 705 g/mol. The Morgan fingerprint density at radius 3 is 2.17 bits per heavy atom. The highest BCUT2D eigenvalue weighted by atomic mass is 32.2. The van der Waals surface area contributed by atoms with E-state index < -0.39 is 61.6 Å². The number of alkyl halides is 3. The Hall–Kier alpha value is -4.29. The number of nitrogens with one attached hydrogen (secondary N) is 1. The molecular weight excluding hydrogens is 679 g/mol. The fraction of sp³-hybridized carbons (Fsp3) is 0.276. The van der Waals surface area contributed by atoms with Gasteiger partial charge in [0.25, 0.3) is 10.0 Å². The van der Waals surface area contributed by atoms with Crippen molar-refractivity contribution in [3.8, 4) is 21.7 Å². The minimum atomic E-state index is -5.08. The number of carboxylic acids is 1. The van der Waals surface area contributed by atoms with Gasteiger partial charge in [-0.1, -0.05) is 11.3 Å². The average molecular weight is 706 g/mol. The van der Waals surface area contributed by atoms with Crippen LogP contribution in [0.5, 0.6) is 0 Å². The van der Waals surface area contributed by atoms with Gasteiger partial charge in [-0.25, -0.2) is 35.8 Å². The standard InChI is InChI=1S/C27H25F4N5O2S2.C2HF3O2/c1-35(2)18-9-13-36(14-10-18)27-33-25(26(39-27)16-7-11-32-12-8-16)23-20(30)5-6-21(24(23)31)34-40(37,38)22-15-17(28)3-4-19(22)29;3-2(4,5)1(6)7/h3-8,11-12,15,18,34H,9-10,13-14H2,1-2H3;(H,6,7). The van der Waals surface area contributed by atoms with E-state index in [2.05, 4.69) is 19.8 Å². The van der Waals surface area contributed by atoms with Crippen LogP contribution in [0, 0.1) is 23.3 Å². The van der Waals surface area contributed by atoms with Crippen molar-refractivity contribution in [1.29, 1.82) is 0 Å². The van der Waals surface area contributed by atoms with Gasteiger partial charge in [0, 0.05) is 31.5 Å². The molecule has 1 aliphatic heterocycles. The van der Waals surface area contributed by atoms with Gasteiger partial charge in [-0.3, -0.25) is 9.71 Å². The summed E-state index contributed by atoms with van der Waals surface area (Å²) in [5.74, 6) is -7.17. The second kappa shape index (κ2) is 14.2. The number of hydrogen-bond donors (Lipinski definition) is 2. The summed E-state index contributed by atoms with van der Waals surface area (Å²) in [5.41, 5.74) is -0.558. The zero-order valence-corrected chi connectivity index (χ0v) is 26.2. The van der Waals surface area contributed by atoms with Gasteiger partial charge in [-0.2, -0.15) is 13.2 Å². The fourth-order valence-electron chi connectivity index (χ4n) is 4.62. The van der Waals surface area contributed by atoms with E-state index in [0.717, 1.165) is 31.0 Å². The average Bonchev–Trinajstić information content (AvgIpc) is 3.45. The van der Waals surface area contributed by atoms with E-state index >= 15 is 8.78 Å². The molecule has 0 aliphatic carbocycles. The highest BCUT2D eigenvalue weighted by molar-refractivity contribution is 7.92. The maximum atomic E-state index is 15.9. The summed E-state index contributed by atoms with van der Waals surface area (Å²) < 4.78 is 118. The molecule has 4 aromatic rings. The van der Waals surface area contributed by atoms with Crippen molar-refractivity contribution in [1.82, 2.24) is 14.9 Å². The van der Waals surface area contributed by atoms with E-state index in [9.17, 15) is 30.4 Å². The first kappa shape index (κ1) is 35.6. The van der Waals surface area contributed by atoms with Gasteiger partial charge in [0.2, 0.25) is 0 Å². The first-order valence-electron chi connectivity index (χ1n) is 13.6. The van der Waals surface area contributed by atoms with Crippen molar-refractivity contribution in [2.24, 2.45) is 0 Å². The van der Waals surface area contributed by atoms with Gasteiger partial charge in [0.1, 0.15) is 22.3 Å². The summed E-state index contributed by atoms with van der Waals surface area (Å²) in [6, 6.07) is 7.46. The molecule has 2 N–H and O–H groups in total. The number of aliphatic carboxylic acids is 1. The first-order valence-corrected chi connectivity index (χ1v) is 15.9. The first-order chi connectivity index (χ1) is 22.0. The summed E-state index contributed by atoms with van der Waals surface area (Å²) in [4.78, 5) is 21.2. The number of halogens is 7. The van der Waals surface area contributed by atoms with Crippen molar-refractivity contribution >= 4 is 38.1 Å². The van der Waals surface area contributed by atoms with Crippen molar-refractivity contribution in [2.75, 3.05) is 36.8 Å². The third-order valence-corrected chi connectivity index (χ3v) is 9.57. The molecule has 0 amide bonds. The lowest BCUT2D eigenvalue weighted by Gasteiger charge is -2.35. The number of piperidine rings is 1. The number of sulfonamides is 1. The lowest BCUT2D eigenvalue weighted by molar-refractivity contribution is -0.192. The Kier molecular flexibility index (Phi) is 10.8. The summed E-state index contributed by atoms with van der Waals surface area (Å²) >= 11 is 1.27. The summed E-state index contributed by atoms with van der Waals surface area (Å²) in [7, 11) is -0.700. The molecule has 9 nitrogen and oxygen atoms in total. The van der Waals surface area contributed by atoms with Crippen LogP contribution >= 0.6 is 11.3 Å². The Balaban J connectivity index is 0.000000644. The highest BCUT2D eigenvalue weighted by Gasteiger charge is 2.38. The lowest BCUT2D eigenvalue weighted by Crippen LogP contribution is -2.41. The molecule has 0 bridgehead atoms. The Bertz CT molecular complexity index is 1850. The molecule has 5 rings (SSSR count). The predicted molar refractivity (Wildman–Crippen MR) is 160 cm³/mol. The Morgan fingerprint density at radius 2 is 1.60 bits per heavy atom. The molecule has 1 saturated heterocycles. The maximum absolute atomic E-state index is 15.9.